The van der Waals surface area contributed by atoms with Gasteiger partial charge >= 0.3 is 0 Å². The van der Waals surface area contributed by atoms with E-state index in [9.17, 15) is 13.2 Å². The number of ether oxygens (including phenoxy) is 1. The number of hydrogen-bond acceptors (Lipinski definition) is 4. The highest BCUT2D eigenvalue weighted by Gasteiger charge is 2.40. The van der Waals surface area contributed by atoms with Crippen LogP contribution in [0.5, 0.6) is 0 Å². The molecule has 0 unspecified atom stereocenters. The van der Waals surface area contributed by atoms with E-state index in [0.717, 1.165) is 17.5 Å². The topological polar surface area (TPSA) is 66.9 Å². The van der Waals surface area contributed by atoms with E-state index in [-0.39, 0.29) is 11.7 Å². The first-order chi connectivity index (χ1) is 11.5. The number of nitrogens with zero attached hydrogens (tertiary/aromatic N) is 2. The van der Waals surface area contributed by atoms with E-state index in [4.69, 9.17) is 4.74 Å². The molecule has 1 aromatic carbocycles. The molecular formula is C17H24N2O4S. The second-order valence-electron chi connectivity index (χ2n) is 6.45. The number of morpholine rings is 1. The first kappa shape index (κ1) is 17.4. The molecule has 1 amide bonds. The van der Waals surface area contributed by atoms with E-state index in [0.29, 0.717) is 39.3 Å². The van der Waals surface area contributed by atoms with Gasteiger partial charge in [0, 0.05) is 19.6 Å². The van der Waals surface area contributed by atoms with Crippen LogP contribution in [0, 0.1) is 6.92 Å². The summed E-state index contributed by atoms with van der Waals surface area (Å²) in [5.41, 5.74) is 1.85. The van der Waals surface area contributed by atoms with Gasteiger partial charge < -0.3 is 9.64 Å². The molecule has 2 fully saturated rings. The van der Waals surface area contributed by atoms with Crippen LogP contribution in [0.25, 0.3) is 0 Å². The largest absolute Gasteiger partial charge is 0.378 e. The van der Waals surface area contributed by atoms with Crippen molar-refractivity contribution >= 4 is 15.9 Å². The predicted octanol–water partition coefficient (Wildman–Crippen LogP) is 1.15. The fourth-order valence-corrected chi connectivity index (χ4v) is 5.06. The molecule has 0 aromatic heterocycles. The summed E-state index contributed by atoms with van der Waals surface area (Å²) in [6, 6.07) is 6.93. The lowest BCUT2D eigenvalue weighted by Gasteiger charge is -2.32. The molecule has 2 aliphatic rings. The van der Waals surface area contributed by atoms with Crippen LogP contribution in [0.4, 0.5) is 0 Å². The molecule has 0 saturated carbocycles. The van der Waals surface area contributed by atoms with Gasteiger partial charge in [0.25, 0.3) is 0 Å². The fraction of sp³-hybridized carbons (Fsp3) is 0.588. The third kappa shape index (κ3) is 3.79. The van der Waals surface area contributed by atoms with Gasteiger partial charge in [-0.15, -0.1) is 0 Å². The van der Waals surface area contributed by atoms with Crippen LogP contribution in [0.15, 0.2) is 24.3 Å². The number of aryl methyl sites for hydroxylation is 1. The van der Waals surface area contributed by atoms with Crippen LogP contribution >= 0.6 is 0 Å². The van der Waals surface area contributed by atoms with Crippen molar-refractivity contribution in [3.63, 3.8) is 0 Å². The SMILES string of the molecule is Cc1ccc(CS(=O)(=O)N2CCC[C@H]2C(=O)N2CCOCC2)cc1. The third-order valence-electron chi connectivity index (χ3n) is 4.64. The van der Waals surface area contributed by atoms with E-state index in [2.05, 4.69) is 0 Å². The molecule has 0 radical (unpaired) electrons. The Morgan fingerprint density at radius 1 is 1.17 bits per heavy atom. The van der Waals surface area contributed by atoms with Crippen LogP contribution in [0.1, 0.15) is 24.0 Å². The highest BCUT2D eigenvalue weighted by Crippen LogP contribution is 2.25. The highest BCUT2D eigenvalue weighted by atomic mass is 32.2. The molecule has 2 saturated heterocycles. The summed E-state index contributed by atoms with van der Waals surface area (Å²) in [5.74, 6) is -0.136. The summed E-state index contributed by atoms with van der Waals surface area (Å²) in [6.45, 7) is 4.52. The third-order valence-corrected chi connectivity index (χ3v) is 6.49. The molecule has 3 rings (SSSR count). The Morgan fingerprint density at radius 3 is 2.50 bits per heavy atom. The zero-order valence-electron chi connectivity index (χ0n) is 14.0. The van der Waals surface area contributed by atoms with E-state index in [1.165, 1.54) is 4.31 Å². The van der Waals surface area contributed by atoms with Crippen LogP contribution < -0.4 is 0 Å². The summed E-state index contributed by atoms with van der Waals surface area (Å²) < 4.78 is 32.3. The maximum atomic E-state index is 12.8. The summed E-state index contributed by atoms with van der Waals surface area (Å²) in [7, 11) is -3.50. The van der Waals surface area contributed by atoms with Gasteiger partial charge in [-0.3, -0.25) is 4.79 Å². The zero-order valence-corrected chi connectivity index (χ0v) is 14.8. The second kappa shape index (κ2) is 7.21. The lowest BCUT2D eigenvalue weighted by Crippen LogP contribution is -2.51. The molecule has 1 aromatic rings. The van der Waals surface area contributed by atoms with Gasteiger partial charge in [-0.05, 0) is 25.3 Å². The van der Waals surface area contributed by atoms with Gasteiger partial charge in [-0.2, -0.15) is 4.31 Å². The Balaban J connectivity index is 1.73. The Kier molecular flexibility index (Phi) is 5.22. The zero-order chi connectivity index (χ0) is 17.2. The summed E-state index contributed by atoms with van der Waals surface area (Å²) in [5, 5.41) is 0. The lowest BCUT2D eigenvalue weighted by atomic mass is 10.2. The Bertz CT molecular complexity index is 681. The second-order valence-corrected chi connectivity index (χ2v) is 8.37. The van der Waals surface area contributed by atoms with Crippen molar-refractivity contribution in [1.82, 2.24) is 9.21 Å². The van der Waals surface area contributed by atoms with E-state index < -0.39 is 16.1 Å². The fourth-order valence-electron chi connectivity index (χ4n) is 3.29. The van der Waals surface area contributed by atoms with Crippen LogP contribution in [0.2, 0.25) is 0 Å². The molecule has 0 aliphatic carbocycles. The van der Waals surface area contributed by atoms with Gasteiger partial charge in [0.05, 0.1) is 19.0 Å². The minimum absolute atomic E-state index is 0.0554. The van der Waals surface area contributed by atoms with Gasteiger partial charge in [0.15, 0.2) is 0 Å². The van der Waals surface area contributed by atoms with Crippen molar-refractivity contribution < 1.29 is 17.9 Å². The summed E-state index contributed by atoms with van der Waals surface area (Å²) >= 11 is 0. The Hall–Kier alpha value is -1.44. The van der Waals surface area contributed by atoms with Gasteiger partial charge in [-0.25, -0.2) is 8.42 Å². The molecule has 24 heavy (non-hydrogen) atoms. The summed E-state index contributed by atoms with van der Waals surface area (Å²) in [6.07, 6.45) is 1.33. The van der Waals surface area contributed by atoms with Crippen molar-refractivity contribution in [2.24, 2.45) is 0 Å². The first-order valence-corrected chi connectivity index (χ1v) is 10.00. The average Bonchev–Trinajstić information content (AvgIpc) is 3.07. The van der Waals surface area contributed by atoms with Crippen LogP contribution in [-0.4, -0.2) is 62.4 Å². The Morgan fingerprint density at radius 2 is 1.83 bits per heavy atom. The monoisotopic (exact) mass is 352 g/mol. The van der Waals surface area contributed by atoms with Crippen molar-refractivity contribution in [2.75, 3.05) is 32.8 Å². The number of carbonyl (C=O) groups is 1. The quantitative estimate of drug-likeness (QED) is 0.815. The summed E-state index contributed by atoms with van der Waals surface area (Å²) in [4.78, 5) is 14.4. The number of hydrogen-bond donors (Lipinski definition) is 0. The minimum atomic E-state index is -3.50. The van der Waals surface area contributed by atoms with E-state index in [1.54, 1.807) is 4.90 Å². The molecule has 132 valence electrons. The maximum Gasteiger partial charge on any atom is 0.241 e. The molecule has 2 heterocycles. The van der Waals surface area contributed by atoms with Gasteiger partial charge in [-0.1, -0.05) is 29.8 Å². The Labute approximate surface area is 143 Å². The van der Waals surface area contributed by atoms with Crippen molar-refractivity contribution in [3.05, 3.63) is 35.4 Å². The molecule has 0 spiro atoms. The number of benzene rings is 1. The minimum Gasteiger partial charge on any atom is -0.378 e. The maximum absolute atomic E-state index is 12.8. The average molecular weight is 352 g/mol. The lowest BCUT2D eigenvalue weighted by molar-refractivity contribution is -0.138. The van der Waals surface area contributed by atoms with Crippen molar-refractivity contribution in [2.45, 2.75) is 31.6 Å². The van der Waals surface area contributed by atoms with Gasteiger partial charge in [0.1, 0.15) is 6.04 Å². The van der Waals surface area contributed by atoms with E-state index in [1.807, 2.05) is 31.2 Å². The molecular weight excluding hydrogens is 328 g/mol. The van der Waals surface area contributed by atoms with Crippen LogP contribution in [0.3, 0.4) is 0 Å². The number of rotatable bonds is 4. The standard InChI is InChI=1S/C17H24N2O4S/c1-14-4-6-15(7-5-14)13-24(21,22)19-8-2-3-16(19)17(20)18-9-11-23-12-10-18/h4-7,16H,2-3,8-13H2,1H3/t16-/m0/s1. The van der Waals surface area contributed by atoms with Gasteiger partial charge in [0.2, 0.25) is 15.9 Å². The molecule has 2 aliphatic heterocycles. The molecule has 0 N–H and O–H groups in total. The number of carbonyl (C=O) groups excluding carboxylic acids is 1. The predicted molar refractivity (Wildman–Crippen MR) is 90.9 cm³/mol. The molecule has 6 nitrogen and oxygen atoms in total. The number of sulfonamides is 1. The molecule has 0 bridgehead atoms. The first-order valence-electron chi connectivity index (χ1n) is 8.39. The molecule has 7 heteroatoms. The normalized spacial score (nSPS) is 22.7. The van der Waals surface area contributed by atoms with E-state index >= 15 is 0 Å². The molecule has 1 atom stereocenters. The smallest absolute Gasteiger partial charge is 0.241 e. The number of amides is 1. The van der Waals surface area contributed by atoms with Crippen LogP contribution in [-0.2, 0) is 25.3 Å². The van der Waals surface area contributed by atoms with Crippen molar-refractivity contribution in [3.8, 4) is 0 Å². The highest BCUT2D eigenvalue weighted by molar-refractivity contribution is 7.88. The van der Waals surface area contributed by atoms with Crippen molar-refractivity contribution in [1.29, 1.82) is 0 Å².